The third-order valence-electron chi connectivity index (χ3n) is 3.68. The first-order valence-electron chi connectivity index (χ1n) is 6.61. The summed E-state index contributed by atoms with van der Waals surface area (Å²) >= 11 is 3.42. The van der Waals surface area contributed by atoms with E-state index >= 15 is 0 Å². The Morgan fingerprint density at radius 3 is 2.76 bits per heavy atom. The van der Waals surface area contributed by atoms with Crippen molar-refractivity contribution in [1.29, 1.82) is 0 Å². The number of H-pyrrole nitrogens is 1. The van der Waals surface area contributed by atoms with E-state index in [1.165, 1.54) is 0 Å². The monoisotopic (exact) mass is 338 g/mol. The third kappa shape index (κ3) is 1.99. The molecule has 21 heavy (non-hydrogen) atoms. The van der Waals surface area contributed by atoms with Crippen LogP contribution in [-0.4, -0.2) is 9.55 Å². The van der Waals surface area contributed by atoms with Crippen LogP contribution in [0.2, 0.25) is 0 Å². The molecule has 4 rings (SSSR count). The van der Waals surface area contributed by atoms with Gasteiger partial charge in [0.1, 0.15) is 0 Å². The van der Waals surface area contributed by atoms with Crippen LogP contribution in [0.3, 0.4) is 0 Å². The molecule has 1 N–H and O–H groups in total. The summed E-state index contributed by atoms with van der Waals surface area (Å²) < 4.78 is 2.59. The molecule has 2 aromatic heterocycles. The van der Waals surface area contributed by atoms with Gasteiger partial charge < -0.3 is 4.98 Å². The minimum absolute atomic E-state index is 0.0105. The van der Waals surface area contributed by atoms with Crippen LogP contribution >= 0.6 is 15.9 Å². The van der Waals surface area contributed by atoms with Gasteiger partial charge in [-0.2, -0.15) is 0 Å². The Bertz CT molecular complexity index is 1030. The van der Waals surface area contributed by atoms with Crippen molar-refractivity contribution in [3.8, 4) is 5.69 Å². The number of aromatic nitrogens is 2. The van der Waals surface area contributed by atoms with Crippen molar-refractivity contribution in [3.63, 3.8) is 0 Å². The van der Waals surface area contributed by atoms with Gasteiger partial charge in [-0.15, -0.1) is 0 Å². The Morgan fingerprint density at radius 2 is 1.86 bits per heavy atom. The van der Waals surface area contributed by atoms with Gasteiger partial charge in [-0.05, 0) is 47.9 Å². The van der Waals surface area contributed by atoms with Gasteiger partial charge in [0.2, 0.25) is 0 Å². The Hall–Kier alpha value is -2.33. The Labute approximate surface area is 129 Å². The van der Waals surface area contributed by atoms with Crippen molar-refractivity contribution in [2.45, 2.75) is 0 Å². The van der Waals surface area contributed by atoms with Gasteiger partial charge in [0, 0.05) is 38.8 Å². The van der Waals surface area contributed by atoms with Gasteiger partial charge in [-0.3, -0.25) is 9.36 Å². The third-order valence-corrected chi connectivity index (χ3v) is 4.18. The first-order chi connectivity index (χ1) is 10.2. The normalized spacial score (nSPS) is 11.3. The second kappa shape index (κ2) is 4.60. The van der Waals surface area contributed by atoms with Crippen LogP contribution < -0.4 is 5.56 Å². The summed E-state index contributed by atoms with van der Waals surface area (Å²) in [5.41, 5.74) is 1.92. The molecule has 0 saturated carbocycles. The molecule has 0 fully saturated rings. The van der Waals surface area contributed by atoms with E-state index in [1.54, 1.807) is 4.57 Å². The predicted octanol–water partition coefficient (Wildman–Crippen LogP) is 4.23. The highest BCUT2D eigenvalue weighted by Crippen LogP contribution is 2.19. The zero-order chi connectivity index (χ0) is 14.4. The number of aromatic amines is 1. The zero-order valence-corrected chi connectivity index (χ0v) is 12.6. The lowest BCUT2D eigenvalue weighted by molar-refractivity contribution is 1.01. The molecule has 0 amide bonds. The van der Waals surface area contributed by atoms with Gasteiger partial charge in [0.25, 0.3) is 5.56 Å². The number of hydrogen-bond donors (Lipinski definition) is 1. The van der Waals surface area contributed by atoms with Crippen molar-refractivity contribution >= 4 is 37.6 Å². The first kappa shape index (κ1) is 12.4. The van der Waals surface area contributed by atoms with Crippen molar-refractivity contribution in [3.05, 3.63) is 75.8 Å². The number of benzene rings is 2. The largest absolute Gasteiger partial charge is 0.361 e. The number of nitrogens with zero attached hydrogens (tertiary/aromatic N) is 1. The molecule has 2 aromatic carbocycles. The van der Waals surface area contributed by atoms with Gasteiger partial charge in [-0.25, -0.2) is 0 Å². The Morgan fingerprint density at radius 1 is 0.952 bits per heavy atom. The van der Waals surface area contributed by atoms with E-state index in [9.17, 15) is 4.79 Å². The number of hydrogen-bond acceptors (Lipinski definition) is 1. The van der Waals surface area contributed by atoms with Crippen LogP contribution in [0.4, 0.5) is 0 Å². The Kier molecular flexibility index (Phi) is 2.72. The van der Waals surface area contributed by atoms with Crippen LogP contribution in [0.15, 0.2) is 70.2 Å². The van der Waals surface area contributed by atoms with Crippen LogP contribution in [0.25, 0.3) is 27.4 Å². The molecule has 0 atom stereocenters. The summed E-state index contributed by atoms with van der Waals surface area (Å²) in [6, 6.07) is 15.7. The van der Waals surface area contributed by atoms with Crippen molar-refractivity contribution in [2.24, 2.45) is 0 Å². The summed E-state index contributed by atoms with van der Waals surface area (Å²) in [7, 11) is 0. The molecule has 0 radical (unpaired) electrons. The summed E-state index contributed by atoms with van der Waals surface area (Å²) in [5.74, 6) is 0. The molecule has 0 bridgehead atoms. The van der Waals surface area contributed by atoms with Crippen LogP contribution in [-0.2, 0) is 0 Å². The maximum Gasteiger partial charge on any atom is 0.262 e. The lowest BCUT2D eigenvalue weighted by Crippen LogP contribution is -2.17. The van der Waals surface area contributed by atoms with Gasteiger partial charge in [0.15, 0.2) is 0 Å². The SMILES string of the molecule is O=c1c2cc(Br)ccc2ccn1-c1ccc2[nH]ccc2c1. The number of fused-ring (bicyclic) bond motifs is 2. The number of halogens is 1. The minimum Gasteiger partial charge on any atom is -0.361 e. The molecule has 0 unspecified atom stereocenters. The van der Waals surface area contributed by atoms with Gasteiger partial charge in [-0.1, -0.05) is 22.0 Å². The summed E-state index contributed by atoms with van der Waals surface area (Å²) in [5, 5.41) is 2.75. The summed E-state index contributed by atoms with van der Waals surface area (Å²) in [6.07, 6.45) is 3.72. The molecular weight excluding hydrogens is 328 g/mol. The van der Waals surface area contributed by atoms with Gasteiger partial charge in [0.05, 0.1) is 0 Å². The maximum absolute atomic E-state index is 12.7. The molecule has 102 valence electrons. The van der Waals surface area contributed by atoms with E-state index in [-0.39, 0.29) is 5.56 Å². The zero-order valence-electron chi connectivity index (χ0n) is 11.0. The summed E-state index contributed by atoms with van der Waals surface area (Å²) in [6.45, 7) is 0. The van der Waals surface area contributed by atoms with Crippen LogP contribution in [0.5, 0.6) is 0 Å². The van der Waals surface area contributed by atoms with E-state index in [4.69, 9.17) is 0 Å². The molecule has 3 nitrogen and oxygen atoms in total. The topological polar surface area (TPSA) is 37.8 Å². The molecular formula is C17H11BrN2O. The fourth-order valence-electron chi connectivity index (χ4n) is 2.61. The molecule has 0 spiro atoms. The lowest BCUT2D eigenvalue weighted by Gasteiger charge is -2.08. The van der Waals surface area contributed by atoms with Crippen molar-refractivity contribution in [1.82, 2.24) is 9.55 Å². The second-order valence-electron chi connectivity index (χ2n) is 4.97. The molecule has 0 aliphatic heterocycles. The highest BCUT2D eigenvalue weighted by Gasteiger charge is 2.06. The maximum atomic E-state index is 12.7. The molecule has 2 heterocycles. The smallest absolute Gasteiger partial charge is 0.262 e. The fourth-order valence-corrected chi connectivity index (χ4v) is 2.97. The highest BCUT2D eigenvalue weighted by atomic mass is 79.9. The van der Waals surface area contributed by atoms with E-state index in [2.05, 4.69) is 20.9 Å². The average Bonchev–Trinajstić information content (AvgIpc) is 2.95. The van der Waals surface area contributed by atoms with Gasteiger partial charge >= 0.3 is 0 Å². The lowest BCUT2D eigenvalue weighted by atomic mass is 10.1. The summed E-state index contributed by atoms with van der Waals surface area (Å²) in [4.78, 5) is 15.8. The predicted molar refractivity (Wildman–Crippen MR) is 89.1 cm³/mol. The Balaban J connectivity index is 2.01. The molecule has 0 aliphatic carbocycles. The first-order valence-corrected chi connectivity index (χ1v) is 7.40. The van der Waals surface area contributed by atoms with Crippen LogP contribution in [0, 0.1) is 0 Å². The standard InChI is InChI=1S/C17H11BrN2O/c18-13-2-1-11-6-8-20(17(21)15(11)10-13)14-3-4-16-12(9-14)5-7-19-16/h1-10,19H. The highest BCUT2D eigenvalue weighted by molar-refractivity contribution is 9.10. The number of nitrogens with one attached hydrogen (secondary N) is 1. The minimum atomic E-state index is -0.0105. The fraction of sp³-hybridized carbons (Fsp3) is 0. The van der Waals surface area contributed by atoms with E-state index in [0.29, 0.717) is 5.39 Å². The van der Waals surface area contributed by atoms with Crippen LogP contribution in [0.1, 0.15) is 0 Å². The molecule has 4 aromatic rings. The second-order valence-corrected chi connectivity index (χ2v) is 5.89. The average molecular weight is 339 g/mol. The van der Waals surface area contributed by atoms with E-state index in [0.717, 1.165) is 26.4 Å². The van der Waals surface area contributed by atoms with Crippen molar-refractivity contribution in [2.75, 3.05) is 0 Å². The van der Waals surface area contributed by atoms with E-state index in [1.807, 2.05) is 60.9 Å². The number of rotatable bonds is 1. The van der Waals surface area contributed by atoms with E-state index < -0.39 is 0 Å². The molecule has 0 aliphatic rings. The van der Waals surface area contributed by atoms with Crippen molar-refractivity contribution < 1.29 is 0 Å². The molecule has 0 saturated heterocycles. The molecule has 4 heteroatoms. The quantitative estimate of drug-likeness (QED) is 0.554. The number of pyridine rings is 1.